The Morgan fingerprint density at radius 2 is 1.74 bits per heavy atom. The van der Waals surface area contributed by atoms with Crippen LogP contribution in [0.3, 0.4) is 0 Å². The van der Waals surface area contributed by atoms with Gasteiger partial charge in [-0.25, -0.2) is 13.8 Å². The molecule has 176 valence electrons. The van der Waals surface area contributed by atoms with Crippen LogP contribution in [0.5, 0.6) is 5.75 Å². The van der Waals surface area contributed by atoms with Gasteiger partial charge in [0, 0.05) is 16.0 Å². The van der Waals surface area contributed by atoms with Crippen molar-refractivity contribution in [3.05, 3.63) is 81.4 Å². The average molecular weight is 499 g/mol. The first-order valence-corrected chi connectivity index (χ1v) is 12.4. The molecule has 1 aliphatic heterocycles. The summed E-state index contributed by atoms with van der Waals surface area (Å²) in [6.45, 7) is 8.40. The maximum Gasteiger partial charge on any atom is 0.230 e. The SMILES string of the molecule is CC1=C(C)C(C)C(C)=C(c2nc(NC(=O)Cc3c(F)cccc3F)sc2-c2ccccc2O)S1. The number of nitrogens with zero attached hydrogens (tertiary/aromatic N) is 1. The second-order valence-electron chi connectivity index (χ2n) is 8.21. The lowest BCUT2D eigenvalue weighted by atomic mass is 9.93. The van der Waals surface area contributed by atoms with Crippen LogP contribution in [0.1, 0.15) is 39.0 Å². The fraction of sp³-hybridized carbons (Fsp3) is 0.231. The van der Waals surface area contributed by atoms with Gasteiger partial charge in [-0.15, -0.1) is 0 Å². The quantitative estimate of drug-likeness (QED) is 0.385. The van der Waals surface area contributed by atoms with E-state index < -0.39 is 24.0 Å². The molecular formula is C26H24F2N2O2S2. The molecule has 4 rings (SSSR count). The zero-order valence-electron chi connectivity index (χ0n) is 19.2. The lowest BCUT2D eigenvalue weighted by molar-refractivity contribution is -0.115. The van der Waals surface area contributed by atoms with E-state index in [0.717, 1.165) is 22.6 Å². The third-order valence-corrected chi connectivity index (χ3v) is 8.46. The number of aromatic nitrogens is 1. The largest absolute Gasteiger partial charge is 0.507 e. The Balaban J connectivity index is 1.73. The van der Waals surface area contributed by atoms with Crippen molar-refractivity contribution in [1.82, 2.24) is 4.98 Å². The number of amides is 1. The Kier molecular flexibility index (Phi) is 6.91. The smallest absolute Gasteiger partial charge is 0.230 e. The summed E-state index contributed by atoms with van der Waals surface area (Å²) in [4.78, 5) is 20.2. The molecule has 1 atom stereocenters. The third kappa shape index (κ3) is 4.65. The van der Waals surface area contributed by atoms with Gasteiger partial charge in [0.2, 0.25) is 5.91 Å². The maximum atomic E-state index is 14.0. The minimum atomic E-state index is -0.768. The van der Waals surface area contributed by atoms with E-state index in [2.05, 4.69) is 33.0 Å². The van der Waals surface area contributed by atoms with Gasteiger partial charge in [-0.1, -0.05) is 59.4 Å². The van der Waals surface area contributed by atoms with Crippen LogP contribution >= 0.6 is 23.1 Å². The molecule has 1 aromatic heterocycles. The van der Waals surface area contributed by atoms with Gasteiger partial charge < -0.3 is 10.4 Å². The van der Waals surface area contributed by atoms with Gasteiger partial charge in [0.15, 0.2) is 5.13 Å². The monoisotopic (exact) mass is 498 g/mol. The number of hydrogen-bond acceptors (Lipinski definition) is 5. The van der Waals surface area contributed by atoms with E-state index in [1.165, 1.54) is 27.9 Å². The lowest BCUT2D eigenvalue weighted by Crippen LogP contribution is -2.16. The van der Waals surface area contributed by atoms with Crippen LogP contribution in [0.2, 0.25) is 0 Å². The normalized spacial score (nSPS) is 16.2. The van der Waals surface area contributed by atoms with Gasteiger partial charge in [-0.2, -0.15) is 0 Å². The number of aromatic hydroxyl groups is 1. The molecule has 0 saturated heterocycles. The van der Waals surface area contributed by atoms with Crippen LogP contribution in [0.25, 0.3) is 15.3 Å². The summed E-state index contributed by atoms with van der Waals surface area (Å²) < 4.78 is 28.0. The zero-order valence-corrected chi connectivity index (χ0v) is 20.8. The van der Waals surface area contributed by atoms with Crippen LogP contribution in [0.4, 0.5) is 13.9 Å². The van der Waals surface area contributed by atoms with E-state index >= 15 is 0 Å². The van der Waals surface area contributed by atoms with Crippen molar-refractivity contribution in [1.29, 1.82) is 0 Å². The molecule has 1 aliphatic rings. The Morgan fingerprint density at radius 3 is 2.41 bits per heavy atom. The number of para-hydroxylation sites is 1. The first-order chi connectivity index (χ1) is 16.2. The summed E-state index contributed by atoms with van der Waals surface area (Å²) in [7, 11) is 0. The zero-order chi connectivity index (χ0) is 24.6. The molecule has 2 heterocycles. The molecule has 0 radical (unpaired) electrons. The highest BCUT2D eigenvalue weighted by atomic mass is 32.2. The number of phenolic OH excluding ortho intramolecular Hbond substituents is 1. The maximum absolute atomic E-state index is 14.0. The van der Waals surface area contributed by atoms with Crippen LogP contribution in [0, 0.1) is 17.6 Å². The number of thioether (sulfide) groups is 1. The molecule has 2 N–H and O–H groups in total. The van der Waals surface area contributed by atoms with Crippen molar-refractivity contribution >= 4 is 39.0 Å². The van der Waals surface area contributed by atoms with E-state index in [-0.39, 0.29) is 17.2 Å². The van der Waals surface area contributed by atoms with Gasteiger partial charge >= 0.3 is 0 Å². The Hall–Kier alpha value is -2.97. The van der Waals surface area contributed by atoms with Gasteiger partial charge in [0.05, 0.1) is 17.0 Å². The van der Waals surface area contributed by atoms with Gasteiger partial charge in [-0.3, -0.25) is 4.79 Å². The molecule has 4 nitrogen and oxygen atoms in total. The minimum absolute atomic E-state index is 0.106. The van der Waals surface area contributed by atoms with Crippen molar-refractivity contribution in [3.8, 4) is 16.2 Å². The Labute approximate surface area is 205 Å². The number of carbonyl (C=O) groups is 1. The number of anilines is 1. The molecule has 34 heavy (non-hydrogen) atoms. The molecule has 0 spiro atoms. The van der Waals surface area contributed by atoms with Crippen molar-refractivity contribution < 1.29 is 18.7 Å². The summed E-state index contributed by atoms with van der Waals surface area (Å²) in [6, 6.07) is 10.5. The predicted molar refractivity (Wildman–Crippen MR) is 136 cm³/mol. The average Bonchev–Trinajstić information content (AvgIpc) is 3.20. The topological polar surface area (TPSA) is 62.2 Å². The van der Waals surface area contributed by atoms with Crippen LogP contribution in [0.15, 0.2) is 58.5 Å². The summed E-state index contributed by atoms with van der Waals surface area (Å²) in [5.74, 6) is -1.77. The number of hydrogen-bond donors (Lipinski definition) is 2. The summed E-state index contributed by atoms with van der Waals surface area (Å²) in [5, 5.41) is 13.5. The summed E-state index contributed by atoms with van der Waals surface area (Å²) in [6.07, 6.45) is -0.451. The van der Waals surface area contributed by atoms with Crippen LogP contribution in [-0.2, 0) is 11.2 Å². The third-order valence-electron chi connectivity index (χ3n) is 6.10. The van der Waals surface area contributed by atoms with Gasteiger partial charge in [0.1, 0.15) is 17.4 Å². The van der Waals surface area contributed by atoms with Crippen molar-refractivity contribution in [2.45, 2.75) is 34.1 Å². The molecule has 0 aliphatic carbocycles. The molecule has 0 bridgehead atoms. The Bertz CT molecular complexity index is 1320. The van der Waals surface area contributed by atoms with Crippen molar-refractivity contribution in [2.75, 3.05) is 5.32 Å². The van der Waals surface area contributed by atoms with Gasteiger partial charge in [0.25, 0.3) is 0 Å². The number of nitrogens with one attached hydrogen (secondary N) is 1. The van der Waals surface area contributed by atoms with E-state index in [0.29, 0.717) is 21.3 Å². The highest BCUT2D eigenvalue weighted by molar-refractivity contribution is 8.11. The fourth-order valence-electron chi connectivity index (χ4n) is 3.78. The number of halogens is 2. The first kappa shape index (κ1) is 24.2. The summed E-state index contributed by atoms with van der Waals surface area (Å²) >= 11 is 2.84. The molecule has 1 amide bonds. The van der Waals surface area contributed by atoms with E-state index in [1.54, 1.807) is 30.0 Å². The first-order valence-electron chi connectivity index (χ1n) is 10.8. The number of rotatable bonds is 5. The molecular weight excluding hydrogens is 474 g/mol. The second kappa shape index (κ2) is 9.72. The number of benzene rings is 2. The standard InChI is InChI=1S/C26H24F2N2O2S2/c1-13-14(2)16(4)33-24(15(13)3)23-25(17-8-5-6-11-21(17)31)34-26(30-23)29-22(32)12-18-19(27)9-7-10-20(18)28/h5-11,13,31H,12H2,1-4H3,(H,29,30,32). The Morgan fingerprint density at radius 1 is 1.06 bits per heavy atom. The molecule has 0 saturated carbocycles. The molecule has 8 heteroatoms. The summed E-state index contributed by atoms with van der Waals surface area (Å²) in [5.41, 5.74) is 3.43. The highest BCUT2D eigenvalue weighted by Crippen LogP contribution is 2.50. The van der Waals surface area contributed by atoms with E-state index in [1.807, 2.05) is 6.07 Å². The number of allylic oxidation sites excluding steroid dienone is 3. The van der Waals surface area contributed by atoms with Crippen LogP contribution in [-0.4, -0.2) is 16.0 Å². The van der Waals surface area contributed by atoms with E-state index in [9.17, 15) is 18.7 Å². The molecule has 2 aromatic carbocycles. The second-order valence-corrected chi connectivity index (χ2v) is 10.4. The van der Waals surface area contributed by atoms with Crippen molar-refractivity contribution in [2.24, 2.45) is 5.92 Å². The molecule has 3 aromatic rings. The number of carbonyl (C=O) groups excluding carboxylic acids is 1. The lowest BCUT2D eigenvalue weighted by Gasteiger charge is -2.25. The van der Waals surface area contributed by atoms with Gasteiger partial charge in [-0.05, 0) is 55.9 Å². The molecule has 1 unspecified atom stereocenters. The van der Waals surface area contributed by atoms with Crippen molar-refractivity contribution in [3.63, 3.8) is 0 Å². The van der Waals surface area contributed by atoms with Crippen LogP contribution < -0.4 is 5.32 Å². The van der Waals surface area contributed by atoms with E-state index in [4.69, 9.17) is 4.98 Å². The fourth-order valence-corrected chi connectivity index (χ4v) is 6.09. The number of thiazole rings is 1. The predicted octanol–water partition coefficient (Wildman–Crippen LogP) is 7.38. The minimum Gasteiger partial charge on any atom is -0.507 e. The number of phenols is 1. The molecule has 0 fully saturated rings. The highest BCUT2D eigenvalue weighted by Gasteiger charge is 2.27.